The van der Waals surface area contributed by atoms with Crippen molar-refractivity contribution in [3.8, 4) is 5.75 Å². The highest BCUT2D eigenvalue weighted by molar-refractivity contribution is 6.32. The van der Waals surface area contributed by atoms with Crippen LogP contribution in [0.4, 0.5) is 0 Å². The Labute approximate surface area is 118 Å². The largest absolute Gasteiger partial charge is 0.492 e. The standard InChI is InChI=1S/C14H18ClNO3/c1-2-18-13-6-5-10(8-12(13)15)14(17)16-9-11-4-3-7-19-11/h5-6,8,11H,2-4,7,9H2,1H3,(H,16,17). The molecule has 1 aliphatic rings. The Hall–Kier alpha value is -1.26. The maximum absolute atomic E-state index is 12.0. The highest BCUT2D eigenvalue weighted by Crippen LogP contribution is 2.25. The Bertz CT molecular complexity index is 444. The van der Waals surface area contributed by atoms with E-state index in [0.29, 0.717) is 29.5 Å². The molecule has 5 heteroatoms. The first-order valence-corrected chi connectivity index (χ1v) is 6.90. The van der Waals surface area contributed by atoms with Crippen LogP contribution in [0, 0.1) is 0 Å². The van der Waals surface area contributed by atoms with Gasteiger partial charge in [0.15, 0.2) is 0 Å². The highest BCUT2D eigenvalue weighted by Gasteiger charge is 2.17. The van der Waals surface area contributed by atoms with Crippen molar-refractivity contribution in [2.24, 2.45) is 0 Å². The minimum atomic E-state index is -0.138. The summed E-state index contributed by atoms with van der Waals surface area (Å²) in [5, 5.41) is 3.31. The molecule has 0 bridgehead atoms. The molecule has 104 valence electrons. The van der Waals surface area contributed by atoms with E-state index in [4.69, 9.17) is 21.1 Å². The first kappa shape index (κ1) is 14.2. The lowest BCUT2D eigenvalue weighted by molar-refractivity contribution is 0.0858. The Kier molecular flexibility index (Phi) is 5.05. The van der Waals surface area contributed by atoms with E-state index >= 15 is 0 Å². The molecule has 1 aromatic rings. The van der Waals surface area contributed by atoms with Crippen LogP contribution in [-0.4, -0.2) is 31.8 Å². The zero-order valence-corrected chi connectivity index (χ0v) is 11.7. The Balaban J connectivity index is 1.92. The minimum absolute atomic E-state index is 0.138. The molecule has 1 amide bonds. The maximum atomic E-state index is 12.0. The van der Waals surface area contributed by atoms with Gasteiger partial charge in [0, 0.05) is 18.7 Å². The second-order valence-electron chi connectivity index (χ2n) is 4.42. The molecular weight excluding hydrogens is 266 g/mol. The zero-order valence-electron chi connectivity index (χ0n) is 10.9. The summed E-state index contributed by atoms with van der Waals surface area (Å²) in [5.41, 5.74) is 0.534. The van der Waals surface area contributed by atoms with E-state index in [0.717, 1.165) is 19.4 Å². The smallest absolute Gasteiger partial charge is 0.251 e. The van der Waals surface area contributed by atoms with Crippen LogP contribution in [0.1, 0.15) is 30.1 Å². The number of carbonyl (C=O) groups is 1. The van der Waals surface area contributed by atoms with Gasteiger partial charge in [-0.2, -0.15) is 0 Å². The number of hydrogen-bond acceptors (Lipinski definition) is 3. The van der Waals surface area contributed by atoms with E-state index in [9.17, 15) is 4.79 Å². The van der Waals surface area contributed by atoms with Crippen LogP contribution >= 0.6 is 11.6 Å². The van der Waals surface area contributed by atoms with Crippen LogP contribution in [0.5, 0.6) is 5.75 Å². The van der Waals surface area contributed by atoms with E-state index in [1.165, 1.54) is 0 Å². The van der Waals surface area contributed by atoms with Gasteiger partial charge in [-0.05, 0) is 38.0 Å². The van der Waals surface area contributed by atoms with Crippen molar-refractivity contribution in [1.29, 1.82) is 0 Å². The van der Waals surface area contributed by atoms with Crippen molar-refractivity contribution in [3.63, 3.8) is 0 Å². The molecule has 19 heavy (non-hydrogen) atoms. The lowest BCUT2D eigenvalue weighted by atomic mass is 10.2. The fourth-order valence-electron chi connectivity index (χ4n) is 2.03. The molecule has 4 nitrogen and oxygen atoms in total. The number of rotatable bonds is 5. The van der Waals surface area contributed by atoms with Crippen molar-refractivity contribution in [3.05, 3.63) is 28.8 Å². The topological polar surface area (TPSA) is 47.6 Å². The van der Waals surface area contributed by atoms with E-state index in [1.54, 1.807) is 18.2 Å². The molecule has 1 fully saturated rings. The summed E-state index contributed by atoms with van der Waals surface area (Å²) in [4.78, 5) is 12.0. The van der Waals surface area contributed by atoms with Crippen LogP contribution < -0.4 is 10.1 Å². The van der Waals surface area contributed by atoms with E-state index in [1.807, 2.05) is 6.92 Å². The van der Waals surface area contributed by atoms with Crippen molar-refractivity contribution < 1.29 is 14.3 Å². The Morgan fingerprint density at radius 2 is 2.42 bits per heavy atom. The van der Waals surface area contributed by atoms with Gasteiger partial charge in [-0.1, -0.05) is 11.6 Å². The highest BCUT2D eigenvalue weighted by atomic mass is 35.5. The third kappa shape index (κ3) is 3.85. The predicted molar refractivity (Wildman–Crippen MR) is 73.9 cm³/mol. The number of hydrogen-bond donors (Lipinski definition) is 1. The molecule has 1 heterocycles. The van der Waals surface area contributed by atoms with Gasteiger partial charge in [0.25, 0.3) is 5.91 Å². The molecule has 1 saturated heterocycles. The third-order valence-electron chi connectivity index (χ3n) is 3.01. The Morgan fingerprint density at radius 3 is 3.05 bits per heavy atom. The summed E-state index contributed by atoms with van der Waals surface area (Å²) in [6.45, 7) is 3.77. The van der Waals surface area contributed by atoms with Gasteiger partial charge in [-0.25, -0.2) is 0 Å². The molecule has 0 saturated carbocycles. The zero-order chi connectivity index (χ0) is 13.7. The summed E-state index contributed by atoms with van der Waals surface area (Å²) in [6, 6.07) is 5.05. The molecule has 1 unspecified atom stereocenters. The second-order valence-corrected chi connectivity index (χ2v) is 4.83. The third-order valence-corrected chi connectivity index (χ3v) is 3.30. The quantitative estimate of drug-likeness (QED) is 0.904. The lowest BCUT2D eigenvalue weighted by Crippen LogP contribution is -2.31. The number of carbonyl (C=O) groups excluding carboxylic acids is 1. The van der Waals surface area contributed by atoms with Crippen molar-refractivity contribution >= 4 is 17.5 Å². The summed E-state index contributed by atoms with van der Waals surface area (Å²) in [7, 11) is 0. The second kappa shape index (κ2) is 6.78. The van der Waals surface area contributed by atoms with Crippen LogP contribution in [-0.2, 0) is 4.74 Å². The van der Waals surface area contributed by atoms with Crippen LogP contribution in [0.2, 0.25) is 5.02 Å². The fourth-order valence-corrected chi connectivity index (χ4v) is 2.26. The van der Waals surface area contributed by atoms with Gasteiger partial charge in [-0.3, -0.25) is 4.79 Å². The molecule has 0 spiro atoms. The molecule has 1 aliphatic heterocycles. The number of benzene rings is 1. The normalized spacial score (nSPS) is 18.3. The Morgan fingerprint density at radius 1 is 1.58 bits per heavy atom. The summed E-state index contributed by atoms with van der Waals surface area (Å²) >= 11 is 6.05. The number of ether oxygens (including phenoxy) is 2. The molecular formula is C14H18ClNO3. The first-order chi connectivity index (χ1) is 9.20. The molecule has 0 aromatic heterocycles. The molecule has 1 atom stereocenters. The van der Waals surface area contributed by atoms with Crippen LogP contribution in [0.25, 0.3) is 0 Å². The molecule has 0 aliphatic carbocycles. The number of nitrogens with one attached hydrogen (secondary N) is 1. The lowest BCUT2D eigenvalue weighted by Gasteiger charge is -2.11. The van der Waals surface area contributed by atoms with Gasteiger partial charge in [0.1, 0.15) is 5.75 Å². The first-order valence-electron chi connectivity index (χ1n) is 6.53. The number of amides is 1. The SMILES string of the molecule is CCOc1ccc(C(=O)NCC2CCCO2)cc1Cl. The van der Waals surface area contributed by atoms with E-state index in [-0.39, 0.29) is 12.0 Å². The predicted octanol–water partition coefficient (Wildman–Crippen LogP) is 2.65. The fraction of sp³-hybridized carbons (Fsp3) is 0.500. The van der Waals surface area contributed by atoms with Crippen LogP contribution in [0.3, 0.4) is 0 Å². The molecule has 1 N–H and O–H groups in total. The van der Waals surface area contributed by atoms with Gasteiger partial charge in [0.2, 0.25) is 0 Å². The van der Waals surface area contributed by atoms with Gasteiger partial charge in [-0.15, -0.1) is 0 Å². The van der Waals surface area contributed by atoms with Crippen molar-refractivity contribution in [2.75, 3.05) is 19.8 Å². The van der Waals surface area contributed by atoms with Gasteiger partial charge in [0.05, 0.1) is 17.7 Å². The monoisotopic (exact) mass is 283 g/mol. The average Bonchev–Trinajstić information content (AvgIpc) is 2.91. The molecule has 0 radical (unpaired) electrons. The number of halogens is 1. The average molecular weight is 284 g/mol. The molecule has 1 aromatic carbocycles. The van der Waals surface area contributed by atoms with E-state index < -0.39 is 0 Å². The van der Waals surface area contributed by atoms with E-state index in [2.05, 4.69) is 5.32 Å². The van der Waals surface area contributed by atoms with Gasteiger partial charge < -0.3 is 14.8 Å². The molecule has 2 rings (SSSR count). The summed E-state index contributed by atoms with van der Waals surface area (Å²) in [5.74, 6) is 0.459. The summed E-state index contributed by atoms with van der Waals surface area (Å²) < 4.78 is 10.8. The van der Waals surface area contributed by atoms with Crippen LogP contribution in [0.15, 0.2) is 18.2 Å². The van der Waals surface area contributed by atoms with Crippen molar-refractivity contribution in [1.82, 2.24) is 5.32 Å². The van der Waals surface area contributed by atoms with Crippen molar-refractivity contribution in [2.45, 2.75) is 25.9 Å². The van der Waals surface area contributed by atoms with Gasteiger partial charge >= 0.3 is 0 Å². The minimum Gasteiger partial charge on any atom is -0.492 e. The summed E-state index contributed by atoms with van der Waals surface area (Å²) in [6.07, 6.45) is 2.21. The maximum Gasteiger partial charge on any atom is 0.251 e.